The highest BCUT2D eigenvalue weighted by molar-refractivity contribution is 6.01. The lowest BCUT2D eigenvalue weighted by molar-refractivity contribution is -0.133. The van der Waals surface area contributed by atoms with E-state index in [2.05, 4.69) is 20.4 Å². The summed E-state index contributed by atoms with van der Waals surface area (Å²) in [5.41, 5.74) is 7.17. The molecule has 0 unspecified atom stereocenters. The number of halogens is 1. The van der Waals surface area contributed by atoms with Gasteiger partial charge in [0.1, 0.15) is 11.9 Å². The first-order valence-corrected chi connectivity index (χ1v) is 10.6. The molecule has 7 nitrogen and oxygen atoms in total. The number of piperidine rings is 3. The molecule has 0 radical (unpaired) electrons. The van der Waals surface area contributed by atoms with E-state index in [9.17, 15) is 14.0 Å². The van der Waals surface area contributed by atoms with Gasteiger partial charge in [0, 0.05) is 37.3 Å². The van der Waals surface area contributed by atoms with Crippen LogP contribution in [-0.4, -0.2) is 61.0 Å². The van der Waals surface area contributed by atoms with E-state index in [1.807, 2.05) is 0 Å². The van der Waals surface area contributed by atoms with Gasteiger partial charge >= 0.3 is 0 Å². The fraction of sp³-hybridized carbons (Fsp3) is 0.619. The van der Waals surface area contributed by atoms with Gasteiger partial charge in [0.25, 0.3) is 0 Å². The average molecular weight is 404 g/mol. The Balaban J connectivity index is 1.33. The fourth-order valence-electron chi connectivity index (χ4n) is 4.64. The van der Waals surface area contributed by atoms with E-state index in [4.69, 9.17) is 5.73 Å². The molecular weight excluding hydrogens is 373 g/mol. The molecule has 29 heavy (non-hydrogen) atoms. The Kier molecular flexibility index (Phi) is 6.01. The van der Waals surface area contributed by atoms with Crippen LogP contribution in [0.4, 0.5) is 15.8 Å². The second-order valence-corrected chi connectivity index (χ2v) is 8.41. The van der Waals surface area contributed by atoms with Gasteiger partial charge in [-0.15, -0.1) is 0 Å². The monoisotopic (exact) mass is 403 g/mol. The van der Waals surface area contributed by atoms with Crippen LogP contribution in [0.5, 0.6) is 0 Å². The highest BCUT2D eigenvalue weighted by Gasteiger charge is 2.29. The lowest BCUT2D eigenvalue weighted by atomic mass is 9.98. The highest BCUT2D eigenvalue weighted by atomic mass is 19.1. The number of nitrogens with one attached hydrogen (secondary N) is 2. The zero-order valence-corrected chi connectivity index (χ0v) is 16.7. The van der Waals surface area contributed by atoms with Crippen LogP contribution in [-0.2, 0) is 9.59 Å². The summed E-state index contributed by atoms with van der Waals surface area (Å²) in [6.07, 6.45) is 4.91. The smallest absolute Gasteiger partial charge is 0.249 e. The van der Waals surface area contributed by atoms with Crippen molar-refractivity contribution in [1.29, 1.82) is 0 Å². The van der Waals surface area contributed by atoms with Crippen molar-refractivity contribution in [3.8, 4) is 0 Å². The summed E-state index contributed by atoms with van der Waals surface area (Å²) in [5.74, 6) is -0.901. The van der Waals surface area contributed by atoms with Gasteiger partial charge in [-0.1, -0.05) is 0 Å². The van der Waals surface area contributed by atoms with E-state index < -0.39 is 6.04 Å². The summed E-state index contributed by atoms with van der Waals surface area (Å²) in [5, 5.41) is 5.34. The third kappa shape index (κ3) is 4.70. The Labute approximate surface area is 170 Å². The van der Waals surface area contributed by atoms with Crippen molar-refractivity contribution in [2.45, 2.75) is 56.7 Å². The number of amides is 2. The number of nitrogens with two attached hydrogens (primary N) is 1. The van der Waals surface area contributed by atoms with Crippen molar-refractivity contribution in [2.75, 3.05) is 36.4 Å². The molecule has 0 bridgehead atoms. The Morgan fingerprint density at radius 3 is 2.41 bits per heavy atom. The maximum Gasteiger partial charge on any atom is 0.249 e. The van der Waals surface area contributed by atoms with Crippen LogP contribution in [0, 0.1) is 5.82 Å². The van der Waals surface area contributed by atoms with Crippen LogP contribution in [0.25, 0.3) is 0 Å². The van der Waals surface area contributed by atoms with Crippen LogP contribution in [0.15, 0.2) is 18.2 Å². The lowest BCUT2D eigenvalue weighted by Gasteiger charge is -2.42. The molecule has 8 heteroatoms. The van der Waals surface area contributed by atoms with Gasteiger partial charge in [0.05, 0.1) is 5.69 Å². The van der Waals surface area contributed by atoms with Crippen molar-refractivity contribution in [3.05, 3.63) is 24.0 Å². The molecule has 0 saturated carbocycles. The Hall–Kier alpha value is -2.19. The van der Waals surface area contributed by atoms with Gasteiger partial charge < -0.3 is 20.9 Å². The molecule has 3 heterocycles. The quantitative estimate of drug-likeness (QED) is 0.659. The number of carbonyl (C=O) groups is 2. The van der Waals surface area contributed by atoms with Crippen LogP contribution in [0.3, 0.4) is 0 Å². The van der Waals surface area contributed by atoms with E-state index in [-0.39, 0.29) is 17.6 Å². The molecule has 4 N–H and O–H groups in total. The molecule has 3 saturated heterocycles. The van der Waals surface area contributed by atoms with E-state index >= 15 is 0 Å². The molecule has 0 aliphatic carbocycles. The summed E-state index contributed by atoms with van der Waals surface area (Å²) in [6.45, 7) is 3.82. The lowest BCUT2D eigenvalue weighted by Crippen LogP contribution is -2.49. The van der Waals surface area contributed by atoms with Crippen LogP contribution < -0.4 is 21.3 Å². The normalized spacial score (nSPS) is 25.2. The first kappa shape index (κ1) is 20.1. The third-order valence-corrected chi connectivity index (χ3v) is 6.42. The van der Waals surface area contributed by atoms with Crippen molar-refractivity contribution in [1.82, 2.24) is 10.2 Å². The first-order chi connectivity index (χ1) is 14.0. The average Bonchev–Trinajstić information content (AvgIpc) is 2.71. The van der Waals surface area contributed by atoms with Crippen molar-refractivity contribution in [3.63, 3.8) is 0 Å². The number of benzene rings is 1. The third-order valence-electron chi connectivity index (χ3n) is 6.42. The molecule has 4 rings (SSSR count). The summed E-state index contributed by atoms with van der Waals surface area (Å²) in [4.78, 5) is 27.8. The summed E-state index contributed by atoms with van der Waals surface area (Å²) < 4.78 is 14.8. The van der Waals surface area contributed by atoms with Crippen molar-refractivity contribution in [2.24, 2.45) is 5.73 Å². The zero-order valence-electron chi connectivity index (χ0n) is 16.7. The largest absolute Gasteiger partial charge is 0.374 e. The van der Waals surface area contributed by atoms with Gasteiger partial charge in [-0.25, -0.2) is 4.39 Å². The van der Waals surface area contributed by atoms with Crippen LogP contribution in [0.1, 0.15) is 38.5 Å². The van der Waals surface area contributed by atoms with E-state index in [0.29, 0.717) is 36.3 Å². The molecule has 158 valence electrons. The van der Waals surface area contributed by atoms with Gasteiger partial charge in [0.15, 0.2) is 0 Å². The Morgan fingerprint density at radius 1 is 1.03 bits per heavy atom. The second kappa shape index (κ2) is 8.67. The van der Waals surface area contributed by atoms with Gasteiger partial charge in [-0.2, -0.15) is 0 Å². The molecule has 0 aromatic heterocycles. The maximum absolute atomic E-state index is 14.8. The van der Waals surface area contributed by atoms with Gasteiger partial charge in [-0.3, -0.25) is 14.9 Å². The zero-order chi connectivity index (χ0) is 20.4. The Morgan fingerprint density at radius 2 is 1.76 bits per heavy atom. The SMILES string of the molecule is NC1CCN(C2CCN(c3ccc(N[C@@H]4CCC(=O)NC4=O)cc3F)CC2)CC1. The predicted octanol–water partition coefficient (Wildman–Crippen LogP) is 1.43. The molecule has 3 aliphatic rings. The minimum Gasteiger partial charge on any atom is -0.374 e. The standard InChI is InChI=1S/C21H30FN5O2/c22-17-13-15(24-18-2-4-20(28)25-21(18)29)1-3-19(17)27-11-7-16(8-12-27)26-9-5-14(23)6-10-26/h1,3,13-14,16,18,24H,2,4-12,23H2,(H,25,28,29)/t18-/m1/s1. The summed E-state index contributed by atoms with van der Waals surface area (Å²) >= 11 is 0. The Bertz CT molecular complexity index is 757. The van der Waals surface area contributed by atoms with E-state index in [1.165, 1.54) is 6.07 Å². The number of imide groups is 1. The highest BCUT2D eigenvalue weighted by Crippen LogP contribution is 2.28. The molecule has 3 aliphatic heterocycles. The summed E-state index contributed by atoms with van der Waals surface area (Å²) in [6, 6.07) is 5.43. The molecule has 0 spiro atoms. The van der Waals surface area contributed by atoms with Crippen LogP contribution in [0.2, 0.25) is 0 Å². The number of likely N-dealkylation sites (tertiary alicyclic amines) is 1. The number of hydrogen-bond donors (Lipinski definition) is 3. The minimum atomic E-state index is -0.508. The van der Waals surface area contributed by atoms with Gasteiger partial charge in [-0.05, 0) is 63.4 Å². The molecule has 1 atom stereocenters. The number of nitrogens with zero attached hydrogens (tertiary/aromatic N) is 2. The maximum atomic E-state index is 14.8. The van der Waals surface area contributed by atoms with Gasteiger partial charge in [0.2, 0.25) is 11.8 Å². The number of anilines is 2. The molecule has 3 fully saturated rings. The molecular formula is C21H30FN5O2. The fourth-order valence-corrected chi connectivity index (χ4v) is 4.64. The molecule has 2 amide bonds. The number of hydrogen-bond acceptors (Lipinski definition) is 6. The van der Waals surface area contributed by atoms with E-state index in [1.54, 1.807) is 12.1 Å². The second-order valence-electron chi connectivity index (χ2n) is 8.41. The topological polar surface area (TPSA) is 90.7 Å². The minimum absolute atomic E-state index is 0.259. The van der Waals surface area contributed by atoms with Crippen LogP contribution >= 0.6 is 0 Å². The summed E-state index contributed by atoms with van der Waals surface area (Å²) in [7, 11) is 0. The van der Waals surface area contributed by atoms with Crippen molar-refractivity contribution < 1.29 is 14.0 Å². The molecule has 1 aromatic rings. The number of carbonyl (C=O) groups excluding carboxylic acids is 2. The number of rotatable bonds is 4. The first-order valence-electron chi connectivity index (χ1n) is 10.6. The van der Waals surface area contributed by atoms with Crippen molar-refractivity contribution >= 4 is 23.2 Å². The van der Waals surface area contributed by atoms with E-state index in [0.717, 1.165) is 51.9 Å². The predicted molar refractivity (Wildman–Crippen MR) is 110 cm³/mol. The molecule has 1 aromatic carbocycles.